The van der Waals surface area contributed by atoms with Gasteiger partial charge in [0.15, 0.2) is 0 Å². The number of nitrogens with two attached hydrogens (primary N) is 2. The van der Waals surface area contributed by atoms with Crippen LogP contribution in [0.3, 0.4) is 0 Å². The Morgan fingerprint density at radius 3 is 1.68 bits per heavy atom. The zero-order chi connectivity index (χ0) is 33.5. The predicted molar refractivity (Wildman–Crippen MR) is 162 cm³/mol. The van der Waals surface area contributed by atoms with Gasteiger partial charge < -0.3 is 37.6 Å². The molecule has 0 heterocycles. The Bertz CT molecular complexity index is 946. The molecule has 0 saturated carbocycles. The van der Waals surface area contributed by atoms with E-state index in [9.17, 15) is 43.8 Å². The molecule has 0 fully saturated rings. The van der Waals surface area contributed by atoms with Gasteiger partial charge in [-0.05, 0) is 39.0 Å². The molecule has 44 heavy (non-hydrogen) atoms. The molecule has 0 aromatic heterocycles. The van der Waals surface area contributed by atoms with Gasteiger partial charge in [-0.25, -0.2) is 9.59 Å². The molecule has 0 unspecified atom stereocenters. The molecule has 0 rings (SSSR count). The number of rotatable bonds is 25. The molecule has 0 aromatic rings. The maximum absolute atomic E-state index is 12.5. The fraction of sp³-hybridized carbons (Fsp3) is 0.759. The summed E-state index contributed by atoms with van der Waals surface area (Å²) in [6.45, 7) is 3.21. The predicted octanol–water partition coefficient (Wildman–Crippen LogP) is 0.430. The molecule has 4 atom stereocenters. The normalized spacial score (nSPS) is 13.5. The van der Waals surface area contributed by atoms with E-state index in [2.05, 4.69) is 22.9 Å². The second-order valence-electron chi connectivity index (χ2n) is 10.9. The van der Waals surface area contributed by atoms with E-state index >= 15 is 0 Å². The van der Waals surface area contributed by atoms with E-state index in [-0.39, 0.29) is 38.0 Å². The van der Waals surface area contributed by atoms with E-state index in [0.717, 1.165) is 19.3 Å². The van der Waals surface area contributed by atoms with Crippen molar-refractivity contribution in [1.82, 2.24) is 21.3 Å². The largest absolute Gasteiger partial charge is 0.480 e. The van der Waals surface area contributed by atoms with Crippen LogP contribution < -0.4 is 32.7 Å². The number of carboxylic acid groups (broad SMARTS) is 2. The first-order chi connectivity index (χ1) is 20.8. The molecule has 0 aliphatic rings. The lowest BCUT2D eigenvalue weighted by Crippen LogP contribution is -2.50. The Labute approximate surface area is 259 Å². The molecule has 0 aliphatic carbocycles. The third-order valence-corrected chi connectivity index (χ3v) is 6.98. The highest BCUT2D eigenvalue weighted by Gasteiger charge is 2.26. The second kappa shape index (κ2) is 23.8. The lowest BCUT2D eigenvalue weighted by Gasteiger charge is -2.19. The summed E-state index contributed by atoms with van der Waals surface area (Å²) in [5, 5.41) is 28.1. The third-order valence-electron chi connectivity index (χ3n) is 6.98. The number of amides is 5. The van der Waals surface area contributed by atoms with Gasteiger partial charge in [-0.1, -0.05) is 58.3 Å². The van der Waals surface area contributed by atoms with Crippen LogP contribution in [-0.4, -0.2) is 82.4 Å². The molecular formula is C29H52N6O9. The van der Waals surface area contributed by atoms with Crippen LogP contribution in [0.25, 0.3) is 0 Å². The number of unbranched alkanes of at least 4 members (excludes halogenated alkanes) is 8. The topological polar surface area (TPSA) is 260 Å². The van der Waals surface area contributed by atoms with Gasteiger partial charge in [-0.3, -0.25) is 29.3 Å². The van der Waals surface area contributed by atoms with E-state index in [4.69, 9.17) is 11.5 Å². The summed E-state index contributed by atoms with van der Waals surface area (Å²) in [5.41, 5.74) is 10.8. The van der Waals surface area contributed by atoms with Crippen LogP contribution in [0.15, 0.2) is 0 Å². The number of carboxylic acids is 2. The van der Waals surface area contributed by atoms with Gasteiger partial charge in [0.05, 0.1) is 12.6 Å². The van der Waals surface area contributed by atoms with Crippen LogP contribution >= 0.6 is 0 Å². The minimum atomic E-state index is -1.44. The summed E-state index contributed by atoms with van der Waals surface area (Å²) >= 11 is 0. The summed E-state index contributed by atoms with van der Waals surface area (Å²) in [6.07, 6.45) is 9.52. The van der Waals surface area contributed by atoms with Gasteiger partial charge in [0.1, 0.15) is 18.1 Å². The number of imide groups is 1. The number of hydrogen-bond donors (Lipinski definition) is 8. The fourth-order valence-electron chi connectivity index (χ4n) is 4.28. The second-order valence-corrected chi connectivity index (χ2v) is 10.9. The minimum Gasteiger partial charge on any atom is -0.480 e. The zero-order valence-electron chi connectivity index (χ0n) is 26.0. The Hall–Kier alpha value is -3.59. The fourth-order valence-corrected chi connectivity index (χ4v) is 4.28. The first-order valence-corrected chi connectivity index (χ1v) is 15.5. The van der Waals surface area contributed by atoms with Crippen molar-refractivity contribution in [1.29, 1.82) is 0 Å². The van der Waals surface area contributed by atoms with Crippen LogP contribution in [-0.2, 0) is 33.6 Å². The van der Waals surface area contributed by atoms with Crippen LogP contribution in [0.4, 0.5) is 0 Å². The van der Waals surface area contributed by atoms with Gasteiger partial charge in [0.25, 0.3) is 0 Å². The molecule has 252 valence electrons. The highest BCUT2D eigenvalue weighted by molar-refractivity contribution is 5.98. The standard InChI is InChI=1S/C29H52N6O9/c1-3-4-5-6-7-8-9-10-11-15-23(36)32-19(2)26(39)34-22(29(43)44)16-17-24(37)33-21(28(41)42)14-12-13-20(31)27(40)35-25(38)18-30/h19-22H,3-18,30-31H2,1-2H3,(H,32,36)(H,33,37)(H,34,39)(H,41,42)(H,43,44)(H,35,38,40)/t19-,20-,21-,22-/m0/s1. The van der Waals surface area contributed by atoms with Crippen LogP contribution in [0.2, 0.25) is 0 Å². The van der Waals surface area contributed by atoms with Crippen molar-refractivity contribution >= 4 is 41.5 Å². The van der Waals surface area contributed by atoms with E-state index < -0.39 is 72.7 Å². The molecular weight excluding hydrogens is 576 g/mol. The van der Waals surface area contributed by atoms with Gasteiger partial charge in [-0.2, -0.15) is 0 Å². The number of hydrogen-bond acceptors (Lipinski definition) is 9. The van der Waals surface area contributed by atoms with Crippen LogP contribution in [0.1, 0.15) is 110 Å². The average Bonchev–Trinajstić information content (AvgIpc) is 2.97. The number of nitrogens with one attached hydrogen (secondary N) is 4. The Morgan fingerprint density at radius 1 is 0.614 bits per heavy atom. The summed E-state index contributed by atoms with van der Waals surface area (Å²) in [4.78, 5) is 83.3. The maximum atomic E-state index is 12.5. The highest BCUT2D eigenvalue weighted by Crippen LogP contribution is 2.11. The summed E-state index contributed by atoms with van der Waals surface area (Å²) in [7, 11) is 0. The summed E-state index contributed by atoms with van der Waals surface area (Å²) in [5.74, 6) is -6.00. The smallest absolute Gasteiger partial charge is 0.326 e. The van der Waals surface area contributed by atoms with Crippen molar-refractivity contribution in [3.63, 3.8) is 0 Å². The molecule has 0 aromatic carbocycles. The lowest BCUT2D eigenvalue weighted by molar-refractivity contribution is -0.143. The number of carbonyl (C=O) groups excluding carboxylic acids is 5. The van der Waals surface area contributed by atoms with E-state index in [1.165, 1.54) is 39.0 Å². The van der Waals surface area contributed by atoms with Crippen LogP contribution in [0.5, 0.6) is 0 Å². The highest BCUT2D eigenvalue weighted by atomic mass is 16.4. The Morgan fingerprint density at radius 2 is 1.14 bits per heavy atom. The lowest BCUT2D eigenvalue weighted by atomic mass is 10.0. The SMILES string of the molecule is CCCCCCCCCCCC(=O)N[C@@H](C)C(=O)N[C@@H](CCC(=O)N[C@@H](CCC[C@H](N)C(=O)NC(=O)CN)C(=O)O)C(=O)O. The molecule has 15 heteroatoms. The van der Waals surface area contributed by atoms with Crippen molar-refractivity contribution in [2.45, 2.75) is 134 Å². The van der Waals surface area contributed by atoms with Gasteiger partial charge in [0, 0.05) is 12.8 Å². The molecule has 15 nitrogen and oxygen atoms in total. The number of aliphatic carboxylic acids is 2. The molecule has 0 radical (unpaired) electrons. The molecule has 0 saturated heterocycles. The van der Waals surface area contributed by atoms with Gasteiger partial charge in [0.2, 0.25) is 29.5 Å². The maximum Gasteiger partial charge on any atom is 0.326 e. The van der Waals surface area contributed by atoms with Gasteiger partial charge in [-0.15, -0.1) is 0 Å². The zero-order valence-corrected chi connectivity index (χ0v) is 26.0. The Balaban J connectivity index is 4.53. The van der Waals surface area contributed by atoms with Crippen molar-refractivity contribution in [2.75, 3.05) is 6.54 Å². The van der Waals surface area contributed by atoms with Crippen molar-refractivity contribution in [2.24, 2.45) is 11.5 Å². The van der Waals surface area contributed by atoms with Gasteiger partial charge >= 0.3 is 11.9 Å². The van der Waals surface area contributed by atoms with Crippen molar-refractivity contribution in [3.05, 3.63) is 0 Å². The molecule has 0 aliphatic heterocycles. The molecule has 5 amide bonds. The van der Waals surface area contributed by atoms with E-state index in [0.29, 0.717) is 6.42 Å². The summed E-state index contributed by atoms with van der Waals surface area (Å²) < 4.78 is 0. The first kappa shape index (κ1) is 40.4. The molecule has 10 N–H and O–H groups in total. The molecule has 0 bridgehead atoms. The monoisotopic (exact) mass is 628 g/mol. The van der Waals surface area contributed by atoms with E-state index in [1.807, 2.05) is 5.32 Å². The van der Waals surface area contributed by atoms with Crippen molar-refractivity contribution < 1.29 is 43.8 Å². The average molecular weight is 629 g/mol. The Kier molecular flexibility index (Phi) is 21.9. The third kappa shape index (κ3) is 19.6. The first-order valence-electron chi connectivity index (χ1n) is 15.5. The minimum absolute atomic E-state index is 0.0321. The number of carbonyl (C=O) groups is 7. The van der Waals surface area contributed by atoms with Crippen molar-refractivity contribution in [3.8, 4) is 0 Å². The molecule has 0 spiro atoms. The summed E-state index contributed by atoms with van der Waals surface area (Å²) in [6, 6.07) is -4.85. The quantitative estimate of drug-likeness (QED) is 0.0643. The van der Waals surface area contributed by atoms with E-state index in [1.54, 1.807) is 0 Å². The van der Waals surface area contributed by atoms with Crippen LogP contribution in [0, 0.1) is 0 Å².